The van der Waals surface area contributed by atoms with E-state index in [0.29, 0.717) is 12.0 Å². The van der Waals surface area contributed by atoms with Gasteiger partial charge < -0.3 is 10.2 Å². The fraction of sp³-hybridized carbons (Fsp3) is 0.667. The van der Waals surface area contributed by atoms with Crippen molar-refractivity contribution in [3.05, 3.63) is 21.4 Å². The van der Waals surface area contributed by atoms with Gasteiger partial charge in [-0.25, -0.2) is 0 Å². The van der Waals surface area contributed by atoms with Crippen molar-refractivity contribution in [1.29, 1.82) is 0 Å². The van der Waals surface area contributed by atoms with E-state index in [4.69, 9.17) is 0 Å². The molecule has 108 valence electrons. The van der Waals surface area contributed by atoms with Crippen molar-refractivity contribution in [3.8, 4) is 0 Å². The summed E-state index contributed by atoms with van der Waals surface area (Å²) in [7, 11) is 0. The molecule has 4 rings (SSSR count). The number of aryl methyl sites for hydroxylation is 1. The molecule has 1 amide bonds. The minimum atomic E-state index is 0.285. The Bertz CT molecular complexity index is 504. The molecule has 5 heteroatoms. The standard InChI is InChI=1S/C15H20N2OS2/c18-15(14-6-11-9-19-5-3-13(11)20-14)17-4-1-2-10-7-16-8-12(10)17/h6,10,12,16H,1-5,7-9H2. The van der Waals surface area contributed by atoms with E-state index >= 15 is 0 Å². The molecule has 3 aliphatic heterocycles. The molecule has 0 saturated carbocycles. The Morgan fingerprint density at radius 3 is 3.25 bits per heavy atom. The van der Waals surface area contributed by atoms with Crippen LogP contribution in [-0.2, 0) is 12.2 Å². The van der Waals surface area contributed by atoms with Crippen molar-refractivity contribution in [3.63, 3.8) is 0 Å². The third-order valence-electron chi connectivity index (χ3n) is 4.78. The van der Waals surface area contributed by atoms with Gasteiger partial charge in [-0.3, -0.25) is 4.79 Å². The minimum absolute atomic E-state index is 0.285. The molecule has 0 bridgehead atoms. The van der Waals surface area contributed by atoms with Gasteiger partial charge in [0.05, 0.1) is 4.88 Å². The second-order valence-corrected chi connectivity index (χ2v) is 8.23. The average Bonchev–Trinajstić information content (AvgIpc) is 3.12. The minimum Gasteiger partial charge on any atom is -0.333 e. The summed E-state index contributed by atoms with van der Waals surface area (Å²) in [6, 6.07) is 2.60. The first-order valence-electron chi connectivity index (χ1n) is 7.54. The van der Waals surface area contributed by atoms with Gasteiger partial charge in [0.15, 0.2) is 0 Å². The molecule has 0 aromatic carbocycles. The van der Waals surface area contributed by atoms with Crippen molar-refractivity contribution in [2.24, 2.45) is 5.92 Å². The maximum atomic E-state index is 12.9. The van der Waals surface area contributed by atoms with Crippen LogP contribution in [0.3, 0.4) is 0 Å². The molecule has 0 radical (unpaired) electrons. The number of thioether (sulfide) groups is 1. The number of piperidine rings is 1. The van der Waals surface area contributed by atoms with Gasteiger partial charge in [0.25, 0.3) is 5.91 Å². The number of rotatable bonds is 1. The van der Waals surface area contributed by atoms with E-state index in [2.05, 4.69) is 16.3 Å². The quantitative estimate of drug-likeness (QED) is 0.864. The molecule has 3 aliphatic rings. The highest BCUT2D eigenvalue weighted by molar-refractivity contribution is 7.98. The van der Waals surface area contributed by atoms with Crippen LogP contribution in [0.25, 0.3) is 0 Å². The molecule has 2 fully saturated rings. The van der Waals surface area contributed by atoms with E-state index in [9.17, 15) is 4.79 Å². The molecule has 3 nitrogen and oxygen atoms in total. The molecule has 2 saturated heterocycles. The largest absolute Gasteiger partial charge is 0.333 e. The van der Waals surface area contributed by atoms with E-state index in [1.165, 1.54) is 22.6 Å². The summed E-state index contributed by atoms with van der Waals surface area (Å²) in [5.41, 5.74) is 1.41. The van der Waals surface area contributed by atoms with E-state index in [1.54, 1.807) is 11.3 Å². The third kappa shape index (κ3) is 2.20. The Morgan fingerprint density at radius 2 is 2.35 bits per heavy atom. The van der Waals surface area contributed by atoms with Crippen LogP contribution in [0.4, 0.5) is 0 Å². The van der Waals surface area contributed by atoms with Gasteiger partial charge in [-0.05, 0) is 42.6 Å². The summed E-state index contributed by atoms with van der Waals surface area (Å²) in [6.07, 6.45) is 3.58. The van der Waals surface area contributed by atoms with Gasteiger partial charge in [0.1, 0.15) is 0 Å². The predicted molar refractivity (Wildman–Crippen MR) is 84.6 cm³/mol. The zero-order chi connectivity index (χ0) is 13.5. The molecule has 20 heavy (non-hydrogen) atoms. The summed E-state index contributed by atoms with van der Waals surface area (Å²) in [6.45, 7) is 3.02. The van der Waals surface area contributed by atoms with Crippen LogP contribution in [-0.4, -0.2) is 42.2 Å². The number of thiophene rings is 1. The number of carbonyl (C=O) groups is 1. The Labute approximate surface area is 128 Å². The van der Waals surface area contributed by atoms with Gasteiger partial charge >= 0.3 is 0 Å². The van der Waals surface area contributed by atoms with Crippen molar-refractivity contribution in [2.75, 3.05) is 25.4 Å². The fourth-order valence-corrected chi connectivity index (χ4v) is 6.04. The van der Waals surface area contributed by atoms with Crippen LogP contribution in [0, 0.1) is 5.92 Å². The summed E-state index contributed by atoms with van der Waals surface area (Å²) >= 11 is 3.73. The summed E-state index contributed by atoms with van der Waals surface area (Å²) in [5, 5.41) is 3.46. The van der Waals surface area contributed by atoms with Crippen LogP contribution in [0.5, 0.6) is 0 Å². The Morgan fingerprint density at radius 1 is 1.40 bits per heavy atom. The smallest absolute Gasteiger partial charge is 0.264 e. The van der Waals surface area contributed by atoms with E-state index in [0.717, 1.165) is 43.1 Å². The first-order chi connectivity index (χ1) is 9.83. The first-order valence-corrected chi connectivity index (χ1v) is 9.51. The Kier molecular flexibility index (Phi) is 3.52. The average molecular weight is 308 g/mol. The van der Waals surface area contributed by atoms with Gasteiger partial charge in [0.2, 0.25) is 0 Å². The number of amides is 1. The lowest BCUT2D eigenvalue weighted by Gasteiger charge is -2.36. The summed E-state index contributed by atoms with van der Waals surface area (Å²) in [4.78, 5) is 17.4. The number of carbonyl (C=O) groups excluding carboxylic acids is 1. The Balaban J connectivity index is 1.58. The van der Waals surface area contributed by atoms with Crippen LogP contribution in [0.1, 0.15) is 33.0 Å². The van der Waals surface area contributed by atoms with Crippen LogP contribution < -0.4 is 5.32 Å². The monoisotopic (exact) mass is 308 g/mol. The number of hydrogen-bond acceptors (Lipinski definition) is 4. The van der Waals surface area contributed by atoms with Crippen LogP contribution >= 0.6 is 23.1 Å². The van der Waals surface area contributed by atoms with E-state index in [1.807, 2.05) is 11.8 Å². The number of fused-ring (bicyclic) bond motifs is 2. The highest BCUT2D eigenvalue weighted by atomic mass is 32.2. The van der Waals surface area contributed by atoms with Crippen molar-refractivity contribution in [2.45, 2.75) is 31.1 Å². The fourth-order valence-electron chi connectivity index (χ4n) is 3.71. The summed E-state index contributed by atoms with van der Waals surface area (Å²) < 4.78 is 0. The maximum absolute atomic E-state index is 12.9. The lowest BCUT2D eigenvalue weighted by molar-refractivity contribution is 0.0580. The van der Waals surface area contributed by atoms with Gasteiger partial charge in [-0.1, -0.05) is 0 Å². The zero-order valence-electron chi connectivity index (χ0n) is 11.6. The molecule has 1 aromatic rings. The highest BCUT2D eigenvalue weighted by Crippen LogP contribution is 2.34. The molecule has 0 aliphatic carbocycles. The molecule has 1 aromatic heterocycles. The predicted octanol–water partition coefficient (Wildman–Crippen LogP) is 2.36. The van der Waals surface area contributed by atoms with Gasteiger partial charge in [0, 0.05) is 36.3 Å². The SMILES string of the molecule is O=C(c1cc2c(s1)CCSC2)N1CCCC2CNCC21. The topological polar surface area (TPSA) is 32.3 Å². The van der Waals surface area contributed by atoms with Gasteiger partial charge in [-0.15, -0.1) is 11.3 Å². The molecular weight excluding hydrogens is 288 g/mol. The highest BCUT2D eigenvalue weighted by Gasteiger charge is 2.38. The van der Waals surface area contributed by atoms with E-state index in [-0.39, 0.29) is 5.91 Å². The molecule has 2 atom stereocenters. The first kappa shape index (κ1) is 13.2. The molecule has 1 N–H and O–H groups in total. The lowest BCUT2D eigenvalue weighted by Crippen LogP contribution is -2.48. The summed E-state index contributed by atoms with van der Waals surface area (Å²) in [5.74, 6) is 3.26. The number of nitrogens with one attached hydrogen (secondary N) is 1. The van der Waals surface area contributed by atoms with Crippen molar-refractivity contribution in [1.82, 2.24) is 10.2 Å². The Hall–Kier alpha value is -0.520. The van der Waals surface area contributed by atoms with E-state index < -0.39 is 0 Å². The second kappa shape index (κ2) is 5.35. The van der Waals surface area contributed by atoms with Crippen molar-refractivity contribution >= 4 is 29.0 Å². The molecule has 2 unspecified atom stereocenters. The molecule has 0 spiro atoms. The van der Waals surface area contributed by atoms with Gasteiger partial charge in [-0.2, -0.15) is 11.8 Å². The zero-order valence-corrected chi connectivity index (χ0v) is 13.2. The normalized spacial score (nSPS) is 29.1. The third-order valence-corrected chi connectivity index (χ3v) is 7.01. The van der Waals surface area contributed by atoms with Crippen LogP contribution in [0.15, 0.2) is 6.07 Å². The molecular formula is C15H20N2OS2. The van der Waals surface area contributed by atoms with Crippen LogP contribution in [0.2, 0.25) is 0 Å². The van der Waals surface area contributed by atoms with Crippen molar-refractivity contribution < 1.29 is 4.79 Å². The second-order valence-electron chi connectivity index (χ2n) is 5.99. The number of hydrogen-bond donors (Lipinski definition) is 1. The lowest BCUT2D eigenvalue weighted by atomic mass is 9.92. The molecule has 4 heterocycles. The maximum Gasteiger partial charge on any atom is 0.264 e. The number of likely N-dealkylation sites (tertiary alicyclic amines) is 1. The number of nitrogens with zero attached hydrogens (tertiary/aromatic N) is 1.